The average molecular weight is 403 g/mol. The summed E-state index contributed by atoms with van der Waals surface area (Å²) in [6.07, 6.45) is 28.8. The fraction of sp³-hybridized carbons (Fsp3) is 1.00. The third-order valence-electron chi connectivity index (χ3n) is 9.57. The molecule has 4 aliphatic rings. The molecule has 4 fully saturated rings. The standard InChI is InChI=1S/C19H34.C10H20/c1-3-8-17-14(2)13-16-11-7-12-18(16)19(17)15-9-5-4-6-10-15;1-10-8-6-4-2-3-5-7-9-10/h14-19H,3-13H2,1-2H3;10H,2-9H2,1H3. The Morgan fingerprint density at radius 1 is 0.586 bits per heavy atom. The van der Waals surface area contributed by atoms with E-state index >= 15 is 0 Å². The molecule has 0 aliphatic heterocycles. The van der Waals surface area contributed by atoms with Crippen LogP contribution in [0.1, 0.15) is 143 Å². The highest BCUT2D eigenvalue weighted by molar-refractivity contribution is 4.96. The summed E-state index contributed by atoms with van der Waals surface area (Å²) >= 11 is 0. The summed E-state index contributed by atoms with van der Waals surface area (Å²) in [6.45, 7) is 7.40. The Balaban J connectivity index is 0.000000204. The van der Waals surface area contributed by atoms with Crippen molar-refractivity contribution in [3.05, 3.63) is 0 Å². The van der Waals surface area contributed by atoms with Gasteiger partial charge in [-0.05, 0) is 54.3 Å². The van der Waals surface area contributed by atoms with Crippen molar-refractivity contribution in [1.82, 2.24) is 0 Å². The van der Waals surface area contributed by atoms with Crippen LogP contribution in [0.3, 0.4) is 0 Å². The minimum Gasteiger partial charge on any atom is -0.0654 e. The third-order valence-corrected chi connectivity index (χ3v) is 9.57. The molecular weight excluding hydrogens is 348 g/mol. The first-order valence-electron chi connectivity index (χ1n) is 14.2. The Hall–Kier alpha value is 0. The van der Waals surface area contributed by atoms with Crippen LogP contribution in [0.4, 0.5) is 0 Å². The molecule has 0 aromatic rings. The van der Waals surface area contributed by atoms with Crippen molar-refractivity contribution in [2.24, 2.45) is 41.4 Å². The SMILES string of the molecule is CC1CCCCCCCC1.CCCC1C(C)CC2CCCC2C1C1CCCCC1. The van der Waals surface area contributed by atoms with Gasteiger partial charge in [0.25, 0.3) is 0 Å². The lowest BCUT2D eigenvalue weighted by atomic mass is 9.56. The molecular formula is C29H54. The summed E-state index contributed by atoms with van der Waals surface area (Å²) < 4.78 is 0. The van der Waals surface area contributed by atoms with Gasteiger partial charge in [0, 0.05) is 0 Å². The molecule has 0 heterocycles. The van der Waals surface area contributed by atoms with Crippen molar-refractivity contribution in [3.8, 4) is 0 Å². The van der Waals surface area contributed by atoms with Crippen LogP contribution in [0.15, 0.2) is 0 Å². The number of rotatable bonds is 3. The second-order valence-corrected chi connectivity index (χ2v) is 11.8. The first-order chi connectivity index (χ1) is 14.2. The van der Waals surface area contributed by atoms with Crippen molar-refractivity contribution in [3.63, 3.8) is 0 Å². The van der Waals surface area contributed by atoms with Gasteiger partial charge in [0.2, 0.25) is 0 Å². The zero-order chi connectivity index (χ0) is 20.5. The summed E-state index contributed by atoms with van der Waals surface area (Å²) in [5, 5.41) is 0. The van der Waals surface area contributed by atoms with Gasteiger partial charge in [-0.1, -0.05) is 130 Å². The van der Waals surface area contributed by atoms with Gasteiger partial charge in [0.05, 0.1) is 0 Å². The summed E-state index contributed by atoms with van der Waals surface area (Å²) in [4.78, 5) is 0. The summed E-state index contributed by atoms with van der Waals surface area (Å²) in [5.74, 6) is 7.60. The lowest BCUT2D eigenvalue weighted by Crippen LogP contribution is -2.41. The monoisotopic (exact) mass is 402 g/mol. The molecule has 0 N–H and O–H groups in total. The normalized spacial score (nSPS) is 37.6. The van der Waals surface area contributed by atoms with Crippen LogP contribution < -0.4 is 0 Å². The van der Waals surface area contributed by atoms with Crippen molar-refractivity contribution in [2.75, 3.05) is 0 Å². The molecule has 4 rings (SSSR count). The van der Waals surface area contributed by atoms with Gasteiger partial charge in [-0.15, -0.1) is 0 Å². The summed E-state index contributed by atoms with van der Waals surface area (Å²) in [7, 11) is 0. The maximum Gasteiger partial charge on any atom is -0.0324 e. The van der Waals surface area contributed by atoms with Crippen LogP contribution in [0, 0.1) is 41.4 Å². The molecule has 0 saturated heterocycles. The van der Waals surface area contributed by atoms with E-state index in [0.717, 1.165) is 41.4 Å². The van der Waals surface area contributed by atoms with Crippen molar-refractivity contribution in [1.29, 1.82) is 0 Å². The van der Waals surface area contributed by atoms with Crippen LogP contribution in [0.2, 0.25) is 0 Å². The molecule has 0 bridgehead atoms. The summed E-state index contributed by atoms with van der Waals surface area (Å²) in [6, 6.07) is 0. The number of hydrogen-bond donors (Lipinski definition) is 0. The average Bonchev–Trinajstić information content (AvgIpc) is 3.23. The highest BCUT2D eigenvalue weighted by Crippen LogP contribution is 2.55. The minimum absolute atomic E-state index is 1.01. The Morgan fingerprint density at radius 2 is 1.14 bits per heavy atom. The molecule has 4 aliphatic carbocycles. The lowest BCUT2D eigenvalue weighted by Gasteiger charge is -2.49. The van der Waals surface area contributed by atoms with Gasteiger partial charge in [0.15, 0.2) is 0 Å². The topological polar surface area (TPSA) is 0 Å². The van der Waals surface area contributed by atoms with Gasteiger partial charge in [-0.2, -0.15) is 0 Å². The zero-order valence-corrected chi connectivity index (χ0v) is 20.5. The molecule has 29 heavy (non-hydrogen) atoms. The van der Waals surface area contributed by atoms with E-state index in [4.69, 9.17) is 0 Å². The predicted octanol–water partition coefficient (Wildman–Crippen LogP) is 9.81. The van der Waals surface area contributed by atoms with Crippen molar-refractivity contribution in [2.45, 2.75) is 143 Å². The van der Waals surface area contributed by atoms with Crippen molar-refractivity contribution < 1.29 is 0 Å². The summed E-state index contributed by atoms with van der Waals surface area (Å²) in [5.41, 5.74) is 0. The van der Waals surface area contributed by atoms with E-state index in [1.165, 1.54) is 83.5 Å². The highest BCUT2D eigenvalue weighted by Gasteiger charge is 2.47. The van der Waals surface area contributed by atoms with Crippen molar-refractivity contribution >= 4 is 0 Å². The maximum absolute atomic E-state index is 2.59. The largest absolute Gasteiger partial charge is 0.0654 e. The van der Waals surface area contributed by atoms with Gasteiger partial charge < -0.3 is 0 Å². The Morgan fingerprint density at radius 3 is 1.79 bits per heavy atom. The van der Waals surface area contributed by atoms with Gasteiger partial charge in [-0.3, -0.25) is 0 Å². The van der Waals surface area contributed by atoms with Crippen LogP contribution in [0.5, 0.6) is 0 Å². The molecule has 0 aromatic heterocycles. The van der Waals surface area contributed by atoms with E-state index in [-0.39, 0.29) is 0 Å². The molecule has 0 nitrogen and oxygen atoms in total. The molecule has 0 radical (unpaired) electrons. The van der Waals surface area contributed by atoms with Gasteiger partial charge in [0.1, 0.15) is 0 Å². The van der Waals surface area contributed by atoms with Crippen LogP contribution in [-0.4, -0.2) is 0 Å². The van der Waals surface area contributed by atoms with E-state index in [9.17, 15) is 0 Å². The molecule has 5 atom stereocenters. The molecule has 4 saturated carbocycles. The fourth-order valence-electron chi connectivity index (χ4n) is 8.08. The van der Waals surface area contributed by atoms with E-state index in [1.54, 1.807) is 38.5 Å². The Kier molecular flexibility index (Phi) is 10.4. The third kappa shape index (κ3) is 7.00. The zero-order valence-electron chi connectivity index (χ0n) is 20.5. The molecule has 0 spiro atoms. The Labute approximate surface area is 184 Å². The molecule has 0 amide bonds. The lowest BCUT2D eigenvalue weighted by molar-refractivity contribution is 0.00320. The number of fused-ring (bicyclic) bond motifs is 1. The van der Waals surface area contributed by atoms with Crippen LogP contribution in [0.25, 0.3) is 0 Å². The van der Waals surface area contributed by atoms with E-state index in [2.05, 4.69) is 20.8 Å². The van der Waals surface area contributed by atoms with Gasteiger partial charge in [-0.25, -0.2) is 0 Å². The molecule has 0 heteroatoms. The minimum atomic E-state index is 1.01. The first-order valence-corrected chi connectivity index (χ1v) is 14.2. The van der Waals surface area contributed by atoms with E-state index in [1.807, 2.05) is 0 Å². The second-order valence-electron chi connectivity index (χ2n) is 11.8. The van der Waals surface area contributed by atoms with E-state index in [0.29, 0.717) is 0 Å². The van der Waals surface area contributed by atoms with Crippen LogP contribution in [-0.2, 0) is 0 Å². The van der Waals surface area contributed by atoms with E-state index < -0.39 is 0 Å². The second kappa shape index (κ2) is 12.8. The first kappa shape index (κ1) is 23.7. The van der Waals surface area contributed by atoms with Gasteiger partial charge >= 0.3 is 0 Å². The molecule has 170 valence electrons. The molecule has 0 aromatic carbocycles. The highest BCUT2D eigenvalue weighted by atomic mass is 14.5. The Bertz CT molecular complexity index is 410. The predicted molar refractivity (Wildman–Crippen MR) is 129 cm³/mol. The quantitative estimate of drug-likeness (QED) is 0.440. The maximum atomic E-state index is 2.59. The number of hydrogen-bond acceptors (Lipinski definition) is 0. The smallest absolute Gasteiger partial charge is 0.0324 e. The molecule has 5 unspecified atom stereocenters. The fourth-order valence-corrected chi connectivity index (χ4v) is 8.08. The van der Waals surface area contributed by atoms with Crippen LogP contribution >= 0.6 is 0 Å².